The van der Waals surface area contributed by atoms with E-state index in [9.17, 15) is 4.79 Å². The molecule has 0 spiro atoms. The molecule has 1 N–H and O–H groups in total. The van der Waals surface area contributed by atoms with Crippen LogP contribution in [-0.4, -0.2) is 19.5 Å². The lowest BCUT2D eigenvalue weighted by Gasteiger charge is -1.99. The number of benzene rings is 1. The number of hydrogen-bond donors (Lipinski definition) is 1. The first-order valence-electron chi connectivity index (χ1n) is 4.82. The zero-order valence-electron chi connectivity index (χ0n) is 8.29. The zero-order chi connectivity index (χ0) is 11.0. The first-order valence-corrected chi connectivity index (χ1v) is 4.82. The van der Waals surface area contributed by atoms with Crippen LogP contribution in [0.3, 0.4) is 0 Å². The quantitative estimate of drug-likeness (QED) is 0.657. The van der Waals surface area contributed by atoms with Gasteiger partial charge in [0, 0.05) is 12.4 Å². The van der Waals surface area contributed by atoms with Crippen LogP contribution in [0.4, 0.5) is 0 Å². The SMILES string of the molecule is O=c1[nH]c2ccccc2n1-c1cnccn1. The fraction of sp³-hybridized carbons (Fsp3) is 0. The fourth-order valence-corrected chi connectivity index (χ4v) is 1.69. The lowest BCUT2D eigenvalue weighted by atomic mass is 10.3. The molecular weight excluding hydrogens is 204 g/mol. The molecule has 0 fully saturated rings. The number of para-hydroxylation sites is 2. The number of fused-ring (bicyclic) bond motifs is 1. The largest absolute Gasteiger partial charge is 0.332 e. The number of hydrogen-bond acceptors (Lipinski definition) is 3. The van der Waals surface area contributed by atoms with Crippen molar-refractivity contribution in [1.82, 2.24) is 19.5 Å². The van der Waals surface area contributed by atoms with Crippen molar-refractivity contribution in [3.8, 4) is 5.82 Å². The van der Waals surface area contributed by atoms with Gasteiger partial charge in [-0.1, -0.05) is 12.1 Å². The van der Waals surface area contributed by atoms with Crippen molar-refractivity contribution in [3.63, 3.8) is 0 Å². The molecular formula is C11H8N4O. The first-order chi connectivity index (χ1) is 7.86. The lowest BCUT2D eigenvalue weighted by Crippen LogP contribution is -2.15. The van der Waals surface area contributed by atoms with Crippen LogP contribution in [0.1, 0.15) is 0 Å². The van der Waals surface area contributed by atoms with Gasteiger partial charge in [-0.05, 0) is 12.1 Å². The van der Waals surface area contributed by atoms with Crippen molar-refractivity contribution in [3.05, 3.63) is 53.3 Å². The summed E-state index contributed by atoms with van der Waals surface area (Å²) in [5, 5.41) is 0. The molecule has 0 radical (unpaired) electrons. The summed E-state index contributed by atoms with van der Waals surface area (Å²) in [5.41, 5.74) is 1.38. The van der Waals surface area contributed by atoms with Crippen molar-refractivity contribution in [2.45, 2.75) is 0 Å². The zero-order valence-corrected chi connectivity index (χ0v) is 8.29. The minimum Gasteiger partial charge on any atom is -0.305 e. The van der Waals surface area contributed by atoms with E-state index >= 15 is 0 Å². The summed E-state index contributed by atoms with van der Waals surface area (Å²) in [6.07, 6.45) is 4.69. The molecule has 5 heteroatoms. The topological polar surface area (TPSA) is 63.6 Å². The Hall–Kier alpha value is -2.43. The standard InChI is InChI=1S/C11H8N4O/c16-11-14-8-3-1-2-4-9(8)15(11)10-7-12-5-6-13-10/h1-7H,(H,14,16). The molecule has 3 rings (SSSR count). The fourth-order valence-electron chi connectivity index (χ4n) is 1.69. The predicted molar refractivity (Wildman–Crippen MR) is 59.5 cm³/mol. The average molecular weight is 212 g/mol. The molecule has 2 aromatic heterocycles. The van der Waals surface area contributed by atoms with Crippen molar-refractivity contribution in [2.24, 2.45) is 0 Å². The number of rotatable bonds is 1. The number of imidazole rings is 1. The Bertz CT molecular complexity index is 684. The van der Waals surface area contributed by atoms with E-state index in [1.54, 1.807) is 18.6 Å². The van der Waals surface area contributed by atoms with Crippen molar-refractivity contribution >= 4 is 11.0 Å². The molecule has 0 aliphatic rings. The van der Waals surface area contributed by atoms with Crippen molar-refractivity contribution < 1.29 is 0 Å². The van der Waals surface area contributed by atoms with Gasteiger partial charge in [-0.15, -0.1) is 0 Å². The number of nitrogens with one attached hydrogen (secondary N) is 1. The monoisotopic (exact) mass is 212 g/mol. The summed E-state index contributed by atoms with van der Waals surface area (Å²) in [7, 11) is 0. The van der Waals surface area contributed by atoms with E-state index in [1.807, 2.05) is 24.3 Å². The molecule has 5 nitrogen and oxygen atoms in total. The van der Waals surface area contributed by atoms with Crippen LogP contribution in [-0.2, 0) is 0 Å². The maximum atomic E-state index is 11.8. The third-order valence-corrected chi connectivity index (χ3v) is 2.37. The van der Waals surface area contributed by atoms with Crippen LogP contribution < -0.4 is 5.69 Å². The third kappa shape index (κ3) is 1.22. The normalized spacial score (nSPS) is 10.8. The summed E-state index contributed by atoms with van der Waals surface area (Å²) in [6, 6.07) is 7.47. The highest BCUT2D eigenvalue weighted by molar-refractivity contribution is 5.76. The highest BCUT2D eigenvalue weighted by Gasteiger charge is 2.08. The Morgan fingerprint density at radius 1 is 1.19 bits per heavy atom. The summed E-state index contributed by atoms with van der Waals surface area (Å²) in [4.78, 5) is 22.6. The highest BCUT2D eigenvalue weighted by Crippen LogP contribution is 2.12. The Balaban J connectivity index is 2.40. The molecule has 1 aromatic carbocycles. The molecule has 0 aliphatic carbocycles. The van der Waals surface area contributed by atoms with Crippen molar-refractivity contribution in [1.29, 1.82) is 0 Å². The minimum atomic E-state index is -0.207. The van der Waals surface area contributed by atoms with Crippen LogP contribution in [0.25, 0.3) is 16.9 Å². The summed E-state index contributed by atoms with van der Waals surface area (Å²) in [5.74, 6) is 0.518. The van der Waals surface area contributed by atoms with Gasteiger partial charge >= 0.3 is 5.69 Å². The van der Waals surface area contributed by atoms with E-state index in [0.717, 1.165) is 11.0 Å². The summed E-state index contributed by atoms with van der Waals surface area (Å²) >= 11 is 0. The van der Waals surface area contributed by atoms with Gasteiger partial charge in [0.1, 0.15) is 0 Å². The molecule has 0 bridgehead atoms. The van der Waals surface area contributed by atoms with Crippen LogP contribution in [0.5, 0.6) is 0 Å². The average Bonchev–Trinajstić information content (AvgIpc) is 2.66. The Morgan fingerprint density at radius 2 is 2.06 bits per heavy atom. The number of aromatic nitrogens is 4. The Kier molecular flexibility index (Phi) is 1.83. The molecule has 3 aromatic rings. The Morgan fingerprint density at radius 3 is 2.88 bits per heavy atom. The second-order valence-corrected chi connectivity index (χ2v) is 3.35. The summed E-state index contributed by atoms with van der Waals surface area (Å²) < 4.78 is 1.50. The molecule has 78 valence electrons. The van der Waals surface area contributed by atoms with E-state index in [0.29, 0.717) is 5.82 Å². The van der Waals surface area contributed by atoms with Crippen LogP contribution >= 0.6 is 0 Å². The highest BCUT2D eigenvalue weighted by atomic mass is 16.1. The molecule has 2 heterocycles. The lowest BCUT2D eigenvalue weighted by molar-refractivity contribution is 0.949. The molecule has 0 saturated heterocycles. The van der Waals surface area contributed by atoms with Crippen LogP contribution in [0.2, 0.25) is 0 Å². The van der Waals surface area contributed by atoms with Crippen LogP contribution in [0, 0.1) is 0 Å². The van der Waals surface area contributed by atoms with Gasteiger partial charge in [-0.25, -0.2) is 14.3 Å². The van der Waals surface area contributed by atoms with E-state index in [-0.39, 0.29) is 5.69 Å². The van der Waals surface area contributed by atoms with Crippen molar-refractivity contribution in [2.75, 3.05) is 0 Å². The van der Waals surface area contributed by atoms with Gasteiger partial charge in [0.15, 0.2) is 5.82 Å². The molecule has 0 atom stereocenters. The Labute approximate surface area is 90.4 Å². The van der Waals surface area contributed by atoms with Gasteiger partial charge in [-0.2, -0.15) is 0 Å². The van der Waals surface area contributed by atoms with Gasteiger partial charge in [-0.3, -0.25) is 4.98 Å². The minimum absolute atomic E-state index is 0.207. The number of aromatic amines is 1. The van der Waals surface area contributed by atoms with E-state index in [1.165, 1.54) is 4.57 Å². The number of nitrogens with zero attached hydrogens (tertiary/aromatic N) is 3. The van der Waals surface area contributed by atoms with Gasteiger partial charge in [0.05, 0.1) is 17.2 Å². The van der Waals surface area contributed by atoms with Gasteiger partial charge in [0.25, 0.3) is 0 Å². The second kappa shape index (κ2) is 3.30. The molecule has 16 heavy (non-hydrogen) atoms. The van der Waals surface area contributed by atoms with E-state index < -0.39 is 0 Å². The number of H-pyrrole nitrogens is 1. The second-order valence-electron chi connectivity index (χ2n) is 3.35. The molecule has 0 saturated carbocycles. The summed E-state index contributed by atoms with van der Waals surface area (Å²) in [6.45, 7) is 0. The maximum absolute atomic E-state index is 11.8. The van der Waals surface area contributed by atoms with E-state index in [4.69, 9.17) is 0 Å². The molecule has 0 amide bonds. The third-order valence-electron chi connectivity index (χ3n) is 2.37. The van der Waals surface area contributed by atoms with Crippen LogP contribution in [0.15, 0.2) is 47.7 Å². The molecule has 0 unspecified atom stereocenters. The predicted octanol–water partition coefficient (Wildman–Crippen LogP) is 1.11. The first kappa shape index (κ1) is 8.84. The maximum Gasteiger partial charge on any atom is 0.332 e. The van der Waals surface area contributed by atoms with E-state index in [2.05, 4.69) is 15.0 Å². The molecule has 0 aliphatic heterocycles. The smallest absolute Gasteiger partial charge is 0.305 e. The van der Waals surface area contributed by atoms with Gasteiger partial charge < -0.3 is 4.98 Å². The van der Waals surface area contributed by atoms with Gasteiger partial charge in [0.2, 0.25) is 0 Å².